The molecule has 152 valence electrons. The lowest BCUT2D eigenvalue weighted by molar-refractivity contribution is -0.165. The molecule has 1 unspecified atom stereocenters. The molecule has 0 saturated carbocycles. The molecule has 1 amide bonds. The van der Waals surface area contributed by atoms with Crippen LogP contribution in [-0.4, -0.2) is 36.9 Å². The lowest BCUT2D eigenvalue weighted by Crippen LogP contribution is -2.30. The third-order valence-electron chi connectivity index (χ3n) is 4.86. The molecule has 0 aliphatic heterocycles. The fraction of sp³-hybridized carbons (Fsp3) is 0.261. The van der Waals surface area contributed by atoms with Gasteiger partial charge in [0, 0.05) is 21.9 Å². The summed E-state index contributed by atoms with van der Waals surface area (Å²) in [6.07, 6.45) is 0. The summed E-state index contributed by atoms with van der Waals surface area (Å²) in [5, 5.41) is 10.6. The van der Waals surface area contributed by atoms with Gasteiger partial charge in [-0.1, -0.05) is 12.1 Å². The van der Waals surface area contributed by atoms with Gasteiger partial charge >= 0.3 is 0 Å². The predicted molar refractivity (Wildman–Crippen MR) is 116 cm³/mol. The summed E-state index contributed by atoms with van der Waals surface area (Å²) in [6, 6.07) is 17.8. The number of thiophene rings is 1. The Hall–Kier alpha value is -2.83. The van der Waals surface area contributed by atoms with Crippen LogP contribution in [-0.2, 0) is 4.79 Å². The van der Waals surface area contributed by atoms with Gasteiger partial charge < -0.3 is 9.47 Å². The van der Waals surface area contributed by atoms with Crippen molar-refractivity contribution in [1.29, 1.82) is 0 Å². The van der Waals surface area contributed by atoms with Gasteiger partial charge in [-0.05, 0) is 67.4 Å². The summed E-state index contributed by atoms with van der Waals surface area (Å²) in [5.41, 5.74) is 3.12. The highest BCUT2D eigenvalue weighted by Gasteiger charge is 2.24. The zero-order chi connectivity index (χ0) is 21.0. The molecule has 0 aliphatic rings. The fourth-order valence-electron chi connectivity index (χ4n) is 3.07. The van der Waals surface area contributed by atoms with Gasteiger partial charge in [0.15, 0.2) is 0 Å². The Bertz CT molecular complexity index is 899. The molecule has 0 bridgehead atoms. The number of hydrogen-bond acceptors (Lipinski definition) is 5. The number of hydroxylamine groups is 2. The SMILES string of the molecule is CCN(O)C(=O)C(C)c1cc(-c2ccc(OC)cc2)c(-c2ccc(OC)cc2)s1. The second-order valence-corrected chi connectivity index (χ2v) is 7.71. The molecule has 0 aliphatic carbocycles. The third-order valence-corrected chi connectivity index (χ3v) is 6.22. The number of benzene rings is 2. The number of nitrogens with zero attached hydrogens (tertiary/aromatic N) is 1. The van der Waals surface area contributed by atoms with E-state index in [1.807, 2.05) is 61.5 Å². The second-order valence-electron chi connectivity index (χ2n) is 6.62. The van der Waals surface area contributed by atoms with Gasteiger partial charge in [-0.25, -0.2) is 5.06 Å². The van der Waals surface area contributed by atoms with Crippen molar-refractivity contribution in [2.24, 2.45) is 0 Å². The van der Waals surface area contributed by atoms with Crippen molar-refractivity contribution in [2.75, 3.05) is 20.8 Å². The highest BCUT2D eigenvalue weighted by atomic mass is 32.1. The van der Waals surface area contributed by atoms with Crippen molar-refractivity contribution in [3.05, 3.63) is 59.5 Å². The largest absolute Gasteiger partial charge is 0.497 e. The first-order valence-corrected chi connectivity index (χ1v) is 10.2. The maximum atomic E-state index is 12.5. The van der Waals surface area contributed by atoms with E-state index in [-0.39, 0.29) is 12.5 Å². The van der Waals surface area contributed by atoms with Crippen molar-refractivity contribution >= 4 is 17.2 Å². The van der Waals surface area contributed by atoms with Crippen LogP contribution in [0, 0.1) is 0 Å². The third kappa shape index (κ3) is 4.44. The van der Waals surface area contributed by atoms with E-state index in [4.69, 9.17) is 9.47 Å². The molecule has 0 radical (unpaired) electrons. The van der Waals surface area contributed by atoms with Crippen molar-refractivity contribution in [1.82, 2.24) is 5.06 Å². The highest BCUT2D eigenvalue weighted by Crippen LogP contribution is 2.42. The van der Waals surface area contributed by atoms with E-state index in [1.54, 1.807) is 32.5 Å². The van der Waals surface area contributed by atoms with Gasteiger partial charge in [0.25, 0.3) is 5.91 Å². The van der Waals surface area contributed by atoms with E-state index in [2.05, 4.69) is 0 Å². The number of amides is 1. The molecule has 3 aromatic rings. The quantitative estimate of drug-likeness (QED) is 0.415. The van der Waals surface area contributed by atoms with Gasteiger partial charge in [-0.2, -0.15) is 0 Å². The molecule has 6 heteroatoms. The van der Waals surface area contributed by atoms with Crippen molar-refractivity contribution < 1.29 is 19.5 Å². The normalized spacial score (nSPS) is 11.8. The Balaban J connectivity index is 2.08. The second kappa shape index (κ2) is 9.11. The monoisotopic (exact) mass is 411 g/mol. The minimum absolute atomic E-state index is 0.255. The predicted octanol–water partition coefficient (Wildman–Crippen LogP) is 5.44. The molecule has 0 fully saturated rings. The Morgan fingerprint density at radius 3 is 2.00 bits per heavy atom. The first-order chi connectivity index (χ1) is 14.0. The number of carbonyl (C=O) groups is 1. The molecule has 1 heterocycles. The molecular weight excluding hydrogens is 386 g/mol. The summed E-state index contributed by atoms with van der Waals surface area (Å²) in [7, 11) is 3.28. The van der Waals surface area contributed by atoms with Crippen LogP contribution >= 0.6 is 11.3 Å². The van der Waals surface area contributed by atoms with Crippen molar-refractivity contribution in [2.45, 2.75) is 19.8 Å². The molecule has 5 nitrogen and oxygen atoms in total. The van der Waals surface area contributed by atoms with Crippen LogP contribution in [0.3, 0.4) is 0 Å². The molecule has 1 aromatic heterocycles. The van der Waals surface area contributed by atoms with Gasteiger partial charge in [-0.3, -0.25) is 10.0 Å². The average molecular weight is 412 g/mol. The van der Waals surface area contributed by atoms with E-state index in [0.29, 0.717) is 0 Å². The Kier molecular flexibility index (Phi) is 6.56. The lowest BCUT2D eigenvalue weighted by Gasteiger charge is -2.16. The number of hydrogen-bond donors (Lipinski definition) is 1. The minimum Gasteiger partial charge on any atom is -0.497 e. The van der Waals surface area contributed by atoms with Gasteiger partial charge in [0.2, 0.25) is 0 Å². The number of methoxy groups -OCH3 is 2. The summed E-state index contributed by atoms with van der Waals surface area (Å²) >= 11 is 1.56. The minimum atomic E-state index is -0.436. The van der Waals surface area contributed by atoms with Crippen molar-refractivity contribution in [3.8, 4) is 33.1 Å². The van der Waals surface area contributed by atoms with Gasteiger partial charge in [-0.15, -0.1) is 11.3 Å². The van der Waals surface area contributed by atoms with Crippen LogP contribution in [0.2, 0.25) is 0 Å². The van der Waals surface area contributed by atoms with Crippen LogP contribution < -0.4 is 9.47 Å². The Morgan fingerprint density at radius 2 is 1.52 bits per heavy atom. The first-order valence-electron chi connectivity index (χ1n) is 9.41. The van der Waals surface area contributed by atoms with E-state index in [9.17, 15) is 10.0 Å². The van der Waals surface area contributed by atoms with Gasteiger partial charge in [0.05, 0.1) is 20.1 Å². The highest BCUT2D eigenvalue weighted by molar-refractivity contribution is 7.16. The molecule has 3 rings (SSSR count). The average Bonchev–Trinajstić information content (AvgIpc) is 3.23. The summed E-state index contributed by atoms with van der Waals surface area (Å²) in [6.45, 7) is 3.82. The summed E-state index contributed by atoms with van der Waals surface area (Å²) in [4.78, 5) is 14.4. The van der Waals surface area contributed by atoms with Crippen LogP contribution in [0.25, 0.3) is 21.6 Å². The van der Waals surface area contributed by atoms with Crippen LogP contribution in [0.15, 0.2) is 54.6 Å². The topological polar surface area (TPSA) is 59.0 Å². The van der Waals surface area contributed by atoms with Gasteiger partial charge in [0.1, 0.15) is 11.5 Å². The zero-order valence-corrected chi connectivity index (χ0v) is 17.8. The van der Waals surface area contributed by atoms with Crippen LogP contribution in [0.1, 0.15) is 24.6 Å². The number of rotatable bonds is 7. The summed E-state index contributed by atoms with van der Waals surface area (Å²) < 4.78 is 10.5. The number of likely N-dealkylation sites (N-methyl/N-ethyl adjacent to an activating group) is 1. The Morgan fingerprint density at radius 1 is 1.00 bits per heavy atom. The zero-order valence-electron chi connectivity index (χ0n) is 17.0. The smallest absolute Gasteiger partial charge is 0.253 e. The van der Waals surface area contributed by atoms with Crippen LogP contribution in [0.4, 0.5) is 0 Å². The number of carbonyl (C=O) groups excluding carboxylic acids is 1. The maximum Gasteiger partial charge on any atom is 0.253 e. The molecule has 1 atom stereocenters. The molecule has 1 N–H and O–H groups in total. The van der Waals surface area contributed by atoms with Crippen LogP contribution in [0.5, 0.6) is 11.5 Å². The van der Waals surface area contributed by atoms with E-state index >= 15 is 0 Å². The van der Waals surface area contributed by atoms with Crippen molar-refractivity contribution in [3.63, 3.8) is 0 Å². The Labute approximate surface area is 175 Å². The maximum absolute atomic E-state index is 12.5. The molecule has 2 aromatic carbocycles. The fourth-order valence-corrected chi connectivity index (χ4v) is 4.30. The molecule has 0 spiro atoms. The molecule has 0 saturated heterocycles. The molecule has 29 heavy (non-hydrogen) atoms. The summed E-state index contributed by atoms with van der Waals surface area (Å²) in [5.74, 6) is 0.835. The first kappa shape index (κ1) is 20.9. The van der Waals surface area contributed by atoms with E-state index < -0.39 is 5.92 Å². The van der Waals surface area contributed by atoms with E-state index in [1.165, 1.54) is 0 Å². The standard InChI is InChI=1S/C23H25NO4S/c1-5-24(26)23(25)15(2)21-14-20(16-6-10-18(27-3)11-7-16)22(29-21)17-8-12-19(28-4)13-9-17/h6-15,26H,5H2,1-4H3. The van der Waals surface area contributed by atoms with E-state index in [0.717, 1.165) is 43.0 Å². The molecular formula is C23H25NO4S. The lowest BCUT2D eigenvalue weighted by atomic mass is 10.00. The number of ether oxygens (including phenoxy) is 2.